The molecule has 0 bridgehead atoms. The van der Waals surface area contributed by atoms with Crippen LogP contribution in [0.5, 0.6) is 5.75 Å². The van der Waals surface area contributed by atoms with Gasteiger partial charge in [0.15, 0.2) is 0 Å². The van der Waals surface area contributed by atoms with Gasteiger partial charge in [0.05, 0.1) is 6.61 Å². The van der Waals surface area contributed by atoms with Crippen molar-refractivity contribution in [3.05, 3.63) is 89.5 Å². The highest BCUT2D eigenvalue weighted by Gasteiger charge is 2.21. The molecule has 0 unspecified atom stereocenters. The predicted octanol–water partition coefficient (Wildman–Crippen LogP) is 3.62. The maximum Gasteiger partial charge on any atom is 0.253 e. The van der Waals surface area contributed by atoms with Crippen LogP contribution in [-0.2, 0) is 19.4 Å². The number of hydrogen-bond acceptors (Lipinski definition) is 5. The van der Waals surface area contributed by atoms with Crippen molar-refractivity contribution in [1.29, 1.82) is 0 Å². The number of fused-ring (bicyclic) bond motifs is 1. The van der Waals surface area contributed by atoms with Crippen molar-refractivity contribution in [1.82, 2.24) is 19.8 Å². The fraction of sp³-hybridized carbons (Fsp3) is 0.346. The highest BCUT2D eigenvalue weighted by atomic mass is 16.5. The zero-order chi connectivity index (χ0) is 22.2. The second-order valence-corrected chi connectivity index (χ2v) is 8.24. The lowest BCUT2D eigenvalue weighted by molar-refractivity contribution is 0.0780. The Morgan fingerprint density at radius 2 is 1.91 bits per heavy atom. The summed E-state index contributed by atoms with van der Waals surface area (Å²) >= 11 is 0. The highest BCUT2D eigenvalue weighted by Crippen LogP contribution is 2.23. The minimum atomic E-state index is 0.0955. The molecular weight excluding hydrogens is 400 g/mol. The van der Waals surface area contributed by atoms with Gasteiger partial charge in [-0.25, -0.2) is 0 Å². The predicted molar refractivity (Wildman–Crippen MR) is 125 cm³/mol. The number of likely N-dealkylation sites (N-methyl/N-ethyl adjacent to an activating group) is 1. The Bertz CT molecular complexity index is 1010. The maximum atomic E-state index is 12.2. The van der Waals surface area contributed by atoms with Gasteiger partial charge in [0.1, 0.15) is 5.75 Å². The Morgan fingerprint density at radius 3 is 2.72 bits per heavy atom. The number of nitrogens with zero attached hydrogens (tertiary/aromatic N) is 4. The molecule has 2 aromatic heterocycles. The number of pyridine rings is 2. The lowest BCUT2D eigenvalue weighted by atomic mass is 9.99. The van der Waals surface area contributed by atoms with Crippen LogP contribution in [0.15, 0.2) is 67.3 Å². The topological polar surface area (TPSA) is 58.6 Å². The van der Waals surface area contributed by atoms with Gasteiger partial charge in [-0.1, -0.05) is 6.07 Å². The van der Waals surface area contributed by atoms with Crippen molar-refractivity contribution in [3.8, 4) is 5.75 Å². The van der Waals surface area contributed by atoms with Crippen molar-refractivity contribution < 1.29 is 9.53 Å². The Balaban J connectivity index is 1.30. The molecule has 1 amide bonds. The third-order valence-corrected chi connectivity index (χ3v) is 5.85. The van der Waals surface area contributed by atoms with Crippen LogP contribution in [0.4, 0.5) is 0 Å². The summed E-state index contributed by atoms with van der Waals surface area (Å²) in [5.41, 5.74) is 4.39. The molecular formula is C26H30N4O2. The van der Waals surface area contributed by atoms with Crippen molar-refractivity contribution in [2.75, 3.05) is 33.3 Å². The molecule has 3 heterocycles. The number of carbonyl (C=O) groups excluding carboxylic acids is 1. The molecule has 0 fully saturated rings. The van der Waals surface area contributed by atoms with E-state index in [4.69, 9.17) is 4.74 Å². The van der Waals surface area contributed by atoms with Gasteiger partial charge in [0.2, 0.25) is 0 Å². The minimum Gasteiger partial charge on any atom is -0.494 e. The fourth-order valence-corrected chi connectivity index (χ4v) is 4.00. The first kappa shape index (κ1) is 22.0. The van der Waals surface area contributed by atoms with Crippen LogP contribution in [-0.4, -0.2) is 59.0 Å². The second kappa shape index (κ2) is 10.9. The van der Waals surface area contributed by atoms with E-state index in [1.54, 1.807) is 4.90 Å². The monoisotopic (exact) mass is 430 g/mol. The van der Waals surface area contributed by atoms with Crippen molar-refractivity contribution in [3.63, 3.8) is 0 Å². The summed E-state index contributed by atoms with van der Waals surface area (Å²) in [6, 6.07) is 14.1. The number of benzene rings is 1. The lowest BCUT2D eigenvalue weighted by Crippen LogP contribution is -2.34. The van der Waals surface area contributed by atoms with E-state index in [1.807, 2.05) is 56.1 Å². The minimum absolute atomic E-state index is 0.0955. The Kier molecular flexibility index (Phi) is 7.46. The standard InChI is InChI=1S/C26H30N4O2/c1-29-15-10-23-18-24(5-6-25(23)26(29)31)32-17-3-14-30(20-22-7-12-27-13-8-22)16-9-21-4-2-11-28-19-21/h2,4-8,11-13,18-19H,3,9-10,14-17,20H2,1H3. The van der Waals surface area contributed by atoms with E-state index < -0.39 is 0 Å². The Hall–Kier alpha value is -3.25. The highest BCUT2D eigenvalue weighted by molar-refractivity contribution is 5.96. The van der Waals surface area contributed by atoms with Crippen LogP contribution in [0.25, 0.3) is 0 Å². The average Bonchev–Trinajstić information content (AvgIpc) is 2.84. The molecule has 1 aliphatic rings. The molecule has 0 atom stereocenters. The van der Waals surface area contributed by atoms with Gasteiger partial charge < -0.3 is 9.64 Å². The van der Waals surface area contributed by atoms with Crippen molar-refractivity contribution >= 4 is 5.91 Å². The van der Waals surface area contributed by atoms with Crippen LogP contribution < -0.4 is 4.74 Å². The van der Waals surface area contributed by atoms with Crippen molar-refractivity contribution in [2.45, 2.75) is 25.8 Å². The summed E-state index contributed by atoms with van der Waals surface area (Å²) in [6.45, 7) is 4.19. The smallest absolute Gasteiger partial charge is 0.253 e. The van der Waals surface area contributed by atoms with Crippen molar-refractivity contribution in [2.24, 2.45) is 0 Å². The molecule has 32 heavy (non-hydrogen) atoms. The maximum absolute atomic E-state index is 12.2. The number of aromatic nitrogens is 2. The molecule has 0 radical (unpaired) electrons. The summed E-state index contributed by atoms with van der Waals surface area (Å²) in [4.78, 5) is 24.8. The Morgan fingerprint density at radius 1 is 1.03 bits per heavy atom. The Labute approximate surface area is 189 Å². The van der Waals surface area contributed by atoms with Crippen LogP contribution in [0, 0.1) is 0 Å². The van der Waals surface area contributed by atoms with E-state index in [-0.39, 0.29) is 5.91 Å². The van der Waals surface area contributed by atoms with Crippen LogP contribution in [0.2, 0.25) is 0 Å². The number of hydrogen-bond donors (Lipinski definition) is 0. The largest absolute Gasteiger partial charge is 0.494 e. The number of ether oxygens (including phenoxy) is 1. The van der Waals surface area contributed by atoms with Crippen LogP contribution in [0.3, 0.4) is 0 Å². The van der Waals surface area contributed by atoms with Gasteiger partial charge >= 0.3 is 0 Å². The molecule has 166 valence electrons. The second-order valence-electron chi connectivity index (χ2n) is 8.24. The molecule has 3 aromatic rings. The van der Waals surface area contributed by atoms with Gasteiger partial charge in [-0.05, 0) is 72.4 Å². The van der Waals surface area contributed by atoms with Gasteiger partial charge in [-0.3, -0.25) is 19.7 Å². The molecule has 0 aliphatic carbocycles. The van der Waals surface area contributed by atoms with E-state index in [2.05, 4.69) is 33.1 Å². The lowest BCUT2D eigenvalue weighted by Gasteiger charge is -2.25. The summed E-state index contributed by atoms with van der Waals surface area (Å²) < 4.78 is 6.03. The first-order valence-electron chi connectivity index (χ1n) is 11.2. The first-order valence-corrected chi connectivity index (χ1v) is 11.2. The summed E-state index contributed by atoms with van der Waals surface area (Å²) in [6.07, 6.45) is 10.2. The molecule has 0 saturated heterocycles. The normalized spacial score (nSPS) is 13.3. The van der Waals surface area contributed by atoms with Gasteiger partial charge in [-0.15, -0.1) is 0 Å². The van der Waals surface area contributed by atoms with Gasteiger partial charge in [0.25, 0.3) is 5.91 Å². The molecule has 1 aromatic carbocycles. The summed E-state index contributed by atoms with van der Waals surface area (Å²) in [5, 5.41) is 0. The molecule has 1 aliphatic heterocycles. The molecule has 6 nitrogen and oxygen atoms in total. The average molecular weight is 431 g/mol. The summed E-state index contributed by atoms with van der Waals surface area (Å²) in [5.74, 6) is 0.940. The van der Waals surface area contributed by atoms with E-state index in [1.165, 1.54) is 11.1 Å². The van der Waals surface area contributed by atoms with Gasteiger partial charge in [-0.2, -0.15) is 0 Å². The van der Waals surface area contributed by atoms with E-state index >= 15 is 0 Å². The molecule has 6 heteroatoms. The van der Waals surface area contributed by atoms with Gasteiger partial charge in [0, 0.05) is 63.6 Å². The molecule has 4 rings (SSSR count). The molecule has 0 spiro atoms. The van der Waals surface area contributed by atoms with E-state index in [0.717, 1.165) is 62.3 Å². The fourth-order valence-electron chi connectivity index (χ4n) is 4.00. The quantitative estimate of drug-likeness (QED) is 0.460. The first-order chi connectivity index (χ1) is 15.7. The third-order valence-electron chi connectivity index (χ3n) is 5.85. The van der Waals surface area contributed by atoms with E-state index in [9.17, 15) is 4.79 Å². The molecule has 0 saturated carbocycles. The number of carbonyl (C=O) groups is 1. The third kappa shape index (κ3) is 5.92. The molecule has 0 N–H and O–H groups in total. The van der Waals surface area contributed by atoms with Crippen LogP contribution >= 0.6 is 0 Å². The zero-order valence-electron chi connectivity index (χ0n) is 18.6. The summed E-state index contributed by atoms with van der Waals surface area (Å²) in [7, 11) is 1.85. The number of rotatable bonds is 10. The van der Waals surface area contributed by atoms with Crippen LogP contribution in [0.1, 0.15) is 33.5 Å². The SMILES string of the molecule is CN1CCc2cc(OCCCN(CCc3cccnc3)Cc3ccncc3)ccc2C1=O. The van der Waals surface area contributed by atoms with E-state index in [0.29, 0.717) is 6.61 Å². The zero-order valence-corrected chi connectivity index (χ0v) is 18.6. The number of amides is 1.